The lowest BCUT2D eigenvalue weighted by Gasteiger charge is -2.19. The molecule has 2 aromatic carbocycles. The Balaban J connectivity index is 2.15. The Morgan fingerprint density at radius 1 is 1.16 bits per heavy atom. The third-order valence-corrected chi connectivity index (χ3v) is 6.11. The molecule has 3 rings (SSSR count). The van der Waals surface area contributed by atoms with Crippen LogP contribution in [0.15, 0.2) is 50.8 Å². The van der Waals surface area contributed by atoms with Crippen LogP contribution >= 0.6 is 15.9 Å². The molecule has 1 heterocycles. The first kappa shape index (κ1) is 24.0. The number of hydrogen-bond acceptors (Lipinski definition) is 5. The first-order valence-electron chi connectivity index (χ1n) is 11.0. The van der Waals surface area contributed by atoms with Crippen molar-refractivity contribution in [3.05, 3.63) is 62.6 Å². The van der Waals surface area contributed by atoms with Crippen LogP contribution in [0, 0.1) is 0 Å². The molecule has 0 unspecified atom stereocenters. The molecule has 0 spiro atoms. The quantitative estimate of drug-likeness (QED) is 0.368. The van der Waals surface area contributed by atoms with Gasteiger partial charge in [-0.2, -0.15) is 9.78 Å². The molecule has 0 bridgehead atoms. The van der Waals surface area contributed by atoms with Crippen molar-refractivity contribution in [3.63, 3.8) is 0 Å². The molecule has 0 aliphatic rings. The summed E-state index contributed by atoms with van der Waals surface area (Å²) in [6, 6.07) is 11.5. The van der Waals surface area contributed by atoms with Gasteiger partial charge in [-0.3, -0.25) is 4.79 Å². The fraction of sp³-hybridized carbons (Fsp3) is 0.400. The van der Waals surface area contributed by atoms with Gasteiger partial charge in [0.25, 0.3) is 5.56 Å². The SMILES string of the molecule is CC[C@@H](C)c1nc2ccc(Br)cc2c(=O)n1N=Cc1ccc(N(C)C)cc1O[C@@H](C)CC. The Morgan fingerprint density at radius 2 is 1.91 bits per heavy atom. The predicted octanol–water partition coefficient (Wildman–Crippen LogP) is 5.80. The Morgan fingerprint density at radius 3 is 2.56 bits per heavy atom. The molecular formula is C25H31BrN4O2. The molecule has 32 heavy (non-hydrogen) atoms. The Kier molecular flexibility index (Phi) is 7.72. The van der Waals surface area contributed by atoms with Crippen LogP contribution in [-0.2, 0) is 0 Å². The van der Waals surface area contributed by atoms with E-state index in [4.69, 9.17) is 9.72 Å². The summed E-state index contributed by atoms with van der Waals surface area (Å²) in [6.45, 7) is 8.27. The number of anilines is 1. The number of ether oxygens (including phenoxy) is 1. The van der Waals surface area contributed by atoms with E-state index in [-0.39, 0.29) is 17.6 Å². The molecule has 0 N–H and O–H groups in total. The Bertz CT molecular complexity index is 1190. The van der Waals surface area contributed by atoms with E-state index in [1.54, 1.807) is 12.3 Å². The van der Waals surface area contributed by atoms with Crippen LogP contribution < -0.4 is 15.2 Å². The molecule has 0 aliphatic carbocycles. The zero-order valence-electron chi connectivity index (χ0n) is 19.6. The summed E-state index contributed by atoms with van der Waals surface area (Å²) in [5.74, 6) is 1.47. The van der Waals surface area contributed by atoms with E-state index in [0.717, 1.165) is 34.3 Å². The summed E-state index contributed by atoms with van der Waals surface area (Å²) in [4.78, 5) is 20.1. The third-order valence-electron chi connectivity index (χ3n) is 5.62. The maximum Gasteiger partial charge on any atom is 0.282 e. The van der Waals surface area contributed by atoms with E-state index in [1.807, 2.05) is 56.3 Å². The largest absolute Gasteiger partial charge is 0.490 e. The van der Waals surface area contributed by atoms with Crippen LogP contribution in [0.3, 0.4) is 0 Å². The standard InChI is InChI=1S/C25H31BrN4O2/c1-7-16(3)24-28-22-12-10-19(26)13-21(22)25(31)30(24)27-15-18-9-11-20(29(5)6)14-23(18)32-17(4)8-2/h9-17H,7-8H2,1-6H3/t16-,17+/m1/s1. The number of aromatic nitrogens is 2. The smallest absolute Gasteiger partial charge is 0.282 e. The fourth-order valence-electron chi connectivity index (χ4n) is 3.21. The van der Waals surface area contributed by atoms with Crippen molar-refractivity contribution >= 4 is 38.7 Å². The summed E-state index contributed by atoms with van der Waals surface area (Å²) in [5.41, 5.74) is 2.34. The van der Waals surface area contributed by atoms with E-state index < -0.39 is 0 Å². The van der Waals surface area contributed by atoms with Gasteiger partial charge in [-0.25, -0.2) is 4.98 Å². The highest BCUT2D eigenvalue weighted by Gasteiger charge is 2.16. The van der Waals surface area contributed by atoms with E-state index >= 15 is 0 Å². The minimum atomic E-state index is -0.183. The highest BCUT2D eigenvalue weighted by atomic mass is 79.9. The second-order valence-electron chi connectivity index (χ2n) is 8.26. The summed E-state index contributed by atoms with van der Waals surface area (Å²) in [7, 11) is 3.99. The highest BCUT2D eigenvalue weighted by Crippen LogP contribution is 2.26. The van der Waals surface area contributed by atoms with Gasteiger partial charge in [0.1, 0.15) is 11.6 Å². The van der Waals surface area contributed by atoms with Crippen LogP contribution in [0.4, 0.5) is 5.69 Å². The van der Waals surface area contributed by atoms with Crippen LogP contribution in [0.1, 0.15) is 57.8 Å². The number of rotatable bonds is 8. The molecule has 7 heteroatoms. The first-order valence-corrected chi connectivity index (χ1v) is 11.8. The van der Waals surface area contributed by atoms with Crippen molar-refractivity contribution < 1.29 is 4.74 Å². The molecule has 0 fully saturated rings. The molecule has 6 nitrogen and oxygen atoms in total. The lowest BCUT2D eigenvalue weighted by atomic mass is 10.1. The summed E-state index contributed by atoms with van der Waals surface area (Å²) in [5, 5.41) is 5.13. The molecule has 170 valence electrons. The highest BCUT2D eigenvalue weighted by molar-refractivity contribution is 9.10. The summed E-state index contributed by atoms with van der Waals surface area (Å²) in [6.07, 6.45) is 3.50. The number of hydrogen-bond donors (Lipinski definition) is 0. The van der Waals surface area contributed by atoms with Crippen molar-refractivity contribution in [2.45, 2.75) is 52.6 Å². The topological polar surface area (TPSA) is 59.7 Å². The average Bonchev–Trinajstić information content (AvgIpc) is 2.78. The minimum Gasteiger partial charge on any atom is -0.490 e. The molecule has 0 saturated heterocycles. The third kappa shape index (κ3) is 5.21. The van der Waals surface area contributed by atoms with Crippen LogP contribution in [0.2, 0.25) is 0 Å². The van der Waals surface area contributed by atoms with Gasteiger partial charge in [0.2, 0.25) is 0 Å². The van der Waals surface area contributed by atoms with Gasteiger partial charge in [0.15, 0.2) is 0 Å². The number of nitrogens with zero attached hydrogens (tertiary/aromatic N) is 4. The number of benzene rings is 2. The summed E-state index contributed by atoms with van der Waals surface area (Å²) >= 11 is 3.45. The van der Waals surface area contributed by atoms with Crippen molar-refractivity contribution in [1.29, 1.82) is 0 Å². The van der Waals surface area contributed by atoms with E-state index in [9.17, 15) is 4.79 Å². The molecule has 0 aliphatic heterocycles. The van der Waals surface area contributed by atoms with Gasteiger partial charge >= 0.3 is 0 Å². The Hall–Kier alpha value is -2.67. The number of fused-ring (bicyclic) bond motifs is 1. The first-order chi connectivity index (χ1) is 15.2. The monoisotopic (exact) mass is 498 g/mol. The molecule has 0 radical (unpaired) electrons. The zero-order chi connectivity index (χ0) is 23.4. The van der Waals surface area contributed by atoms with E-state index in [2.05, 4.69) is 41.8 Å². The lowest BCUT2D eigenvalue weighted by molar-refractivity contribution is 0.217. The lowest BCUT2D eigenvalue weighted by Crippen LogP contribution is -2.23. The van der Waals surface area contributed by atoms with Gasteiger partial charge in [-0.05, 0) is 50.1 Å². The van der Waals surface area contributed by atoms with Crippen molar-refractivity contribution in [1.82, 2.24) is 9.66 Å². The van der Waals surface area contributed by atoms with Crippen molar-refractivity contribution in [3.8, 4) is 5.75 Å². The maximum absolute atomic E-state index is 13.3. The maximum atomic E-state index is 13.3. The molecule has 2 atom stereocenters. The van der Waals surface area contributed by atoms with Crippen LogP contribution in [0.25, 0.3) is 10.9 Å². The minimum absolute atomic E-state index is 0.0673. The number of halogens is 1. The van der Waals surface area contributed by atoms with Gasteiger partial charge in [0.05, 0.1) is 23.2 Å². The van der Waals surface area contributed by atoms with E-state index in [0.29, 0.717) is 16.7 Å². The molecular weight excluding hydrogens is 468 g/mol. The second kappa shape index (κ2) is 10.3. The molecule has 0 amide bonds. The Labute approximate surface area is 198 Å². The van der Waals surface area contributed by atoms with E-state index in [1.165, 1.54) is 4.68 Å². The second-order valence-corrected chi connectivity index (χ2v) is 9.17. The zero-order valence-corrected chi connectivity index (χ0v) is 21.2. The normalized spacial score (nSPS) is 13.5. The molecule has 0 saturated carbocycles. The average molecular weight is 499 g/mol. The van der Waals surface area contributed by atoms with Gasteiger partial charge < -0.3 is 9.64 Å². The van der Waals surface area contributed by atoms with Crippen LogP contribution in [-0.4, -0.2) is 36.1 Å². The van der Waals surface area contributed by atoms with Gasteiger partial charge in [0, 0.05) is 41.8 Å². The predicted molar refractivity (Wildman–Crippen MR) is 137 cm³/mol. The summed E-state index contributed by atoms with van der Waals surface area (Å²) < 4.78 is 8.42. The molecule has 3 aromatic rings. The molecule has 1 aromatic heterocycles. The van der Waals surface area contributed by atoms with Crippen molar-refractivity contribution in [2.24, 2.45) is 5.10 Å². The van der Waals surface area contributed by atoms with Crippen molar-refractivity contribution in [2.75, 3.05) is 19.0 Å². The van der Waals surface area contributed by atoms with Crippen LogP contribution in [0.5, 0.6) is 5.75 Å². The van der Waals surface area contributed by atoms with Gasteiger partial charge in [-0.1, -0.05) is 36.7 Å². The fourth-order valence-corrected chi connectivity index (χ4v) is 3.57. The van der Waals surface area contributed by atoms with Gasteiger partial charge in [-0.15, -0.1) is 0 Å².